The molecule has 0 spiro atoms. The van der Waals surface area contributed by atoms with Gasteiger partial charge in [-0.25, -0.2) is 15.0 Å². The van der Waals surface area contributed by atoms with Crippen LogP contribution in [0.3, 0.4) is 0 Å². The molecule has 1 heterocycles. The van der Waals surface area contributed by atoms with Crippen molar-refractivity contribution in [1.82, 2.24) is 15.0 Å². The predicted octanol–water partition coefficient (Wildman–Crippen LogP) is -0.361. The van der Waals surface area contributed by atoms with Crippen molar-refractivity contribution in [3.8, 4) is 0 Å². The van der Waals surface area contributed by atoms with Crippen molar-refractivity contribution < 1.29 is 0 Å². The van der Waals surface area contributed by atoms with Gasteiger partial charge in [-0.3, -0.25) is 0 Å². The summed E-state index contributed by atoms with van der Waals surface area (Å²) in [5.41, 5.74) is 5.27. The van der Waals surface area contributed by atoms with Crippen LogP contribution >= 0.6 is 0 Å². The van der Waals surface area contributed by atoms with Crippen molar-refractivity contribution in [2.45, 2.75) is 13.5 Å². The first-order chi connectivity index (χ1) is 4.33. The molecule has 1 aromatic heterocycles. The van der Waals surface area contributed by atoms with Gasteiger partial charge in [-0.2, -0.15) is 0 Å². The van der Waals surface area contributed by atoms with E-state index in [1.807, 2.05) is 0 Å². The lowest BCUT2D eigenvalue weighted by atomic mass is 10.6. The van der Waals surface area contributed by atoms with Crippen molar-refractivity contribution in [2.24, 2.45) is 5.73 Å². The lowest BCUT2D eigenvalue weighted by molar-refractivity contribution is 0.845. The molecule has 0 saturated carbocycles. The van der Waals surface area contributed by atoms with Crippen molar-refractivity contribution in [3.05, 3.63) is 18.0 Å². The first-order valence-corrected chi connectivity index (χ1v) is 2.67. The van der Waals surface area contributed by atoms with Crippen LogP contribution in [0.25, 0.3) is 0 Å². The Bertz CT molecular complexity index is 198. The molecule has 0 radical (unpaired) electrons. The van der Waals surface area contributed by atoms with E-state index in [4.69, 9.17) is 5.73 Å². The number of rotatable bonds is 1. The molecule has 0 aliphatic heterocycles. The molecule has 4 heteroatoms. The van der Waals surface area contributed by atoms with Gasteiger partial charge in [0.05, 0.1) is 6.54 Å². The Labute approximate surface area is 53.2 Å². The first kappa shape index (κ1) is 6.10. The smallest absolute Gasteiger partial charge is 0.145 e. The van der Waals surface area contributed by atoms with Gasteiger partial charge in [-0.1, -0.05) is 0 Å². The number of aryl methyl sites for hydroxylation is 1. The predicted molar refractivity (Wildman–Crippen MR) is 32.5 cm³/mol. The maximum atomic E-state index is 5.27. The molecule has 0 saturated heterocycles. The summed E-state index contributed by atoms with van der Waals surface area (Å²) in [7, 11) is 0. The van der Waals surface area contributed by atoms with Gasteiger partial charge in [0.2, 0.25) is 0 Å². The monoisotopic (exact) mass is 124 g/mol. The minimum atomic E-state index is 0.378. The highest BCUT2D eigenvalue weighted by molar-refractivity contribution is 4.86. The van der Waals surface area contributed by atoms with Crippen molar-refractivity contribution >= 4 is 0 Å². The Balaban J connectivity index is 2.94. The van der Waals surface area contributed by atoms with E-state index in [0.717, 1.165) is 0 Å². The molecule has 0 atom stereocenters. The second-order valence-corrected chi connectivity index (χ2v) is 1.65. The Hall–Kier alpha value is -1.03. The van der Waals surface area contributed by atoms with Gasteiger partial charge in [-0.15, -0.1) is 0 Å². The highest BCUT2D eigenvalue weighted by Crippen LogP contribution is 1.85. The van der Waals surface area contributed by atoms with E-state index < -0.39 is 0 Å². The molecule has 0 fully saturated rings. The molecule has 0 amide bonds. The molecule has 0 aromatic carbocycles. The van der Waals surface area contributed by atoms with Crippen LogP contribution in [0.2, 0.25) is 0 Å². The standard InChI is InChI=1S/C5H8N4/c1-4-7-3-8-5(2-6)9-4/h3H,2,6H2,1H3. The summed E-state index contributed by atoms with van der Waals surface area (Å²) in [6.45, 7) is 2.18. The van der Waals surface area contributed by atoms with E-state index in [1.54, 1.807) is 6.92 Å². The molecule has 0 unspecified atom stereocenters. The maximum Gasteiger partial charge on any atom is 0.145 e. The second-order valence-electron chi connectivity index (χ2n) is 1.65. The summed E-state index contributed by atoms with van der Waals surface area (Å²) in [6.07, 6.45) is 1.46. The van der Waals surface area contributed by atoms with Gasteiger partial charge >= 0.3 is 0 Å². The minimum Gasteiger partial charge on any atom is -0.324 e. The van der Waals surface area contributed by atoms with Crippen LogP contribution in [0.4, 0.5) is 0 Å². The average molecular weight is 124 g/mol. The van der Waals surface area contributed by atoms with Gasteiger partial charge in [0.15, 0.2) is 0 Å². The van der Waals surface area contributed by atoms with E-state index in [-0.39, 0.29) is 0 Å². The topological polar surface area (TPSA) is 64.7 Å². The summed E-state index contributed by atoms with van der Waals surface area (Å²) < 4.78 is 0. The van der Waals surface area contributed by atoms with Gasteiger partial charge in [0, 0.05) is 0 Å². The van der Waals surface area contributed by atoms with E-state index in [0.29, 0.717) is 18.2 Å². The van der Waals surface area contributed by atoms with Crippen LogP contribution in [0.1, 0.15) is 11.6 Å². The summed E-state index contributed by atoms with van der Waals surface area (Å²) in [5.74, 6) is 1.35. The fraction of sp³-hybridized carbons (Fsp3) is 0.400. The Morgan fingerprint density at radius 2 is 2.33 bits per heavy atom. The number of hydrogen-bond donors (Lipinski definition) is 1. The van der Waals surface area contributed by atoms with E-state index in [2.05, 4.69) is 15.0 Å². The van der Waals surface area contributed by atoms with Crippen LogP contribution in [0.15, 0.2) is 6.33 Å². The normalized spacial score (nSPS) is 9.56. The molecule has 1 aromatic rings. The van der Waals surface area contributed by atoms with Gasteiger partial charge in [0.1, 0.15) is 18.0 Å². The molecular formula is C5H8N4. The molecule has 4 nitrogen and oxygen atoms in total. The van der Waals surface area contributed by atoms with Crippen molar-refractivity contribution in [1.29, 1.82) is 0 Å². The summed E-state index contributed by atoms with van der Waals surface area (Å²) in [4.78, 5) is 11.6. The molecular weight excluding hydrogens is 116 g/mol. The van der Waals surface area contributed by atoms with Crippen LogP contribution in [0.5, 0.6) is 0 Å². The zero-order valence-electron chi connectivity index (χ0n) is 5.20. The average Bonchev–Trinajstić information content (AvgIpc) is 1.88. The van der Waals surface area contributed by atoms with Crippen LogP contribution in [-0.2, 0) is 6.54 Å². The lowest BCUT2D eigenvalue weighted by Crippen LogP contribution is -2.04. The molecule has 0 aliphatic carbocycles. The molecule has 0 aliphatic rings. The summed E-state index contributed by atoms with van der Waals surface area (Å²) in [6, 6.07) is 0. The second kappa shape index (κ2) is 2.50. The SMILES string of the molecule is Cc1ncnc(CN)n1. The highest BCUT2D eigenvalue weighted by Gasteiger charge is 1.90. The zero-order chi connectivity index (χ0) is 6.69. The zero-order valence-corrected chi connectivity index (χ0v) is 5.20. The highest BCUT2D eigenvalue weighted by atomic mass is 15.0. The third-order valence-electron chi connectivity index (χ3n) is 0.925. The minimum absolute atomic E-state index is 0.378. The van der Waals surface area contributed by atoms with Gasteiger partial charge in [0.25, 0.3) is 0 Å². The largest absolute Gasteiger partial charge is 0.324 e. The summed E-state index contributed by atoms with van der Waals surface area (Å²) >= 11 is 0. The number of aromatic nitrogens is 3. The Kier molecular flexibility index (Phi) is 1.69. The number of nitrogens with zero attached hydrogens (tertiary/aromatic N) is 3. The third kappa shape index (κ3) is 1.43. The summed E-state index contributed by atoms with van der Waals surface area (Å²) in [5, 5.41) is 0. The quantitative estimate of drug-likeness (QED) is 0.555. The fourth-order valence-corrected chi connectivity index (χ4v) is 0.522. The van der Waals surface area contributed by atoms with Gasteiger partial charge < -0.3 is 5.73 Å². The van der Waals surface area contributed by atoms with Gasteiger partial charge in [-0.05, 0) is 6.92 Å². The van der Waals surface area contributed by atoms with E-state index in [1.165, 1.54) is 6.33 Å². The van der Waals surface area contributed by atoms with Crippen LogP contribution in [0, 0.1) is 6.92 Å². The Morgan fingerprint density at radius 3 is 2.78 bits per heavy atom. The van der Waals surface area contributed by atoms with Crippen LogP contribution in [-0.4, -0.2) is 15.0 Å². The van der Waals surface area contributed by atoms with E-state index in [9.17, 15) is 0 Å². The first-order valence-electron chi connectivity index (χ1n) is 2.67. The molecule has 0 bridgehead atoms. The number of nitrogens with two attached hydrogens (primary N) is 1. The molecule has 9 heavy (non-hydrogen) atoms. The number of hydrogen-bond acceptors (Lipinski definition) is 4. The lowest BCUT2D eigenvalue weighted by Gasteiger charge is -1.92. The Morgan fingerprint density at radius 1 is 1.56 bits per heavy atom. The van der Waals surface area contributed by atoms with E-state index >= 15 is 0 Å². The third-order valence-corrected chi connectivity index (χ3v) is 0.925. The fourth-order valence-electron chi connectivity index (χ4n) is 0.522. The van der Waals surface area contributed by atoms with Crippen LogP contribution < -0.4 is 5.73 Å². The van der Waals surface area contributed by atoms with Crippen molar-refractivity contribution in [2.75, 3.05) is 0 Å². The molecule has 1 rings (SSSR count). The van der Waals surface area contributed by atoms with Crippen molar-refractivity contribution in [3.63, 3.8) is 0 Å². The molecule has 48 valence electrons. The molecule has 2 N–H and O–H groups in total. The maximum absolute atomic E-state index is 5.27.